The van der Waals surface area contributed by atoms with Gasteiger partial charge in [0.05, 0.1) is 0 Å². The van der Waals surface area contributed by atoms with Crippen molar-refractivity contribution in [1.29, 1.82) is 0 Å². The van der Waals surface area contributed by atoms with E-state index in [0.29, 0.717) is 0 Å². The van der Waals surface area contributed by atoms with Crippen molar-refractivity contribution in [2.45, 2.75) is 51.9 Å². The smallest absolute Gasteiger partial charge is 0.0159 e. The van der Waals surface area contributed by atoms with E-state index in [-0.39, 0.29) is 0 Å². The van der Waals surface area contributed by atoms with Crippen LogP contribution in [0.3, 0.4) is 0 Å². The topological polar surface area (TPSA) is 0 Å². The largest absolute Gasteiger partial charge is 0.0550 e. The van der Waals surface area contributed by atoms with Gasteiger partial charge in [0, 0.05) is 0 Å². The SMILES string of the molecule is Cc1c(C2CC2)cc2c(c1C)CCC2. The lowest BCUT2D eigenvalue weighted by Crippen LogP contribution is -1.97. The van der Waals surface area contributed by atoms with Gasteiger partial charge in [-0.15, -0.1) is 0 Å². The highest BCUT2D eigenvalue weighted by atomic mass is 14.3. The Balaban J connectivity index is 2.18. The zero-order chi connectivity index (χ0) is 9.71. The molecular weight excluding hydrogens is 168 g/mol. The molecular formula is C14H18. The van der Waals surface area contributed by atoms with Gasteiger partial charge in [0.1, 0.15) is 0 Å². The number of aryl methyl sites for hydroxylation is 1. The molecule has 0 nitrogen and oxygen atoms in total. The zero-order valence-electron chi connectivity index (χ0n) is 9.19. The van der Waals surface area contributed by atoms with Crippen LogP contribution < -0.4 is 0 Å². The standard InChI is InChI=1S/C14H18/c1-9-10(2)14(11-6-7-11)8-12-4-3-5-13(9)12/h8,11H,3-7H2,1-2H3. The molecule has 0 radical (unpaired) electrons. The summed E-state index contributed by atoms with van der Waals surface area (Å²) in [6.07, 6.45) is 6.89. The second kappa shape index (κ2) is 2.85. The van der Waals surface area contributed by atoms with Gasteiger partial charge in [-0.1, -0.05) is 6.07 Å². The molecule has 14 heavy (non-hydrogen) atoms. The van der Waals surface area contributed by atoms with Gasteiger partial charge in [-0.2, -0.15) is 0 Å². The van der Waals surface area contributed by atoms with Crippen LogP contribution in [0, 0.1) is 13.8 Å². The maximum atomic E-state index is 2.52. The van der Waals surface area contributed by atoms with Crippen LogP contribution in [0.1, 0.15) is 53.0 Å². The quantitative estimate of drug-likeness (QED) is 0.627. The Morgan fingerprint density at radius 1 is 1.07 bits per heavy atom. The van der Waals surface area contributed by atoms with Crippen LogP contribution in [0.5, 0.6) is 0 Å². The Kier molecular flexibility index (Phi) is 1.74. The Hall–Kier alpha value is -0.780. The van der Waals surface area contributed by atoms with Gasteiger partial charge in [-0.25, -0.2) is 0 Å². The Morgan fingerprint density at radius 3 is 2.57 bits per heavy atom. The van der Waals surface area contributed by atoms with Gasteiger partial charge in [0.15, 0.2) is 0 Å². The third-order valence-electron chi connectivity index (χ3n) is 4.06. The van der Waals surface area contributed by atoms with Crippen molar-refractivity contribution < 1.29 is 0 Å². The predicted molar refractivity (Wildman–Crippen MR) is 59.9 cm³/mol. The van der Waals surface area contributed by atoms with Gasteiger partial charge in [-0.05, 0) is 79.7 Å². The van der Waals surface area contributed by atoms with Crippen LogP contribution in [-0.2, 0) is 12.8 Å². The highest BCUT2D eigenvalue weighted by Gasteiger charge is 2.27. The third kappa shape index (κ3) is 1.13. The number of hydrogen-bond donors (Lipinski definition) is 0. The van der Waals surface area contributed by atoms with Gasteiger partial charge < -0.3 is 0 Å². The lowest BCUT2D eigenvalue weighted by atomic mass is 9.92. The number of rotatable bonds is 1. The van der Waals surface area contributed by atoms with E-state index in [9.17, 15) is 0 Å². The first kappa shape index (κ1) is 8.52. The summed E-state index contributed by atoms with van der Waals surface area (Å²) >= 11 is 0. The van der Waals surface area contributed by atoms with Gasteiger partial charge >= 0.3 is 0 Å². The summed E-state index contributed by atoms with van der Waals surface area (Å²) in [6, 6.07) is 2.52. The Bertz CT molecular complexity index is 384. The van der Waals surface area contributed by atoms with Crippen molar-refractivity contribution in [3.63, 3.8) is 0 Å². The second-order valence-corrected chi connectivity index (χ2v) is 4.98. The van der Waals surface area contributed by atoms with Crippen LogP contribution in [0.4, 0.5) is 0 Å². The summed E-state index contributed by atoms with van der Waals surface area (Å²) in [5, 5.41) is 0. The molecule has 0 heteroatoms. The average Bonchev–Trinajstić information content (AvgIpc) is 2.91. The maximum absolute atomic E-state index is 2.52. The summed E-state index contributed by atoms with van der Waals surface area (Å²) in [5.74, 6) is 0.916. The van der Waals surface area contributed by atoms with Crippen LogP contribution in [0.25, 0.3) is 0 Å². The fourth-order valence-corrected chi connectivity index (χ4v) is 2.91. The molecule has 74 valence electrons. The summed E-state index contributed by atoms with van der Waals surface area (Å²) in [4.78, 5) is 0. The van der Waals surface area contributed by atoms with Crippen molar-refractivity contribution in [2.24, 2.45) is 0 Å². The van der Waals surface area contributed by atoms with E-state index in [4.69, 9.17) is 0 Å². The van der Waals surface area contributed by atoms with E-state index in [1.165, 1.54) is 32.1 Å². The summed E-state index contributed by atoms with van der Waals surface area (Å²) in [6.45, 7) is 4.65. The van der Waals surface area contributed by atoms with E-state index < -0.39 is 0 Å². The molecule has 0 amide bonds. The molecule has 0 aromatic heterocycles. The first-order valence-corrected chi connectivity index (χ1v) is 5.89. The summed E-state index contributed by atoms with van der Waals surface area (Å²) < 4.78 is 0. The van der Waals surface area contributed by atoms with Gasteiger partial charge in [0.2, 0.25) is 0 Å². The molecule has 3 rings (SSSR count). The third-order valence-corrected chi connectivity index (χ3v) is 4.06. The molecule has 1 fully saturated rings. The summed E-state index contributed by atoms with van der Waals surface area (Å²) in [7, 11) is 0. The zero-order valence-corrected chi connectivity index (χ0v) is 9.19. The lowest BCUT2D eigenvalue weighted by Gasteiger charge is -2.13. The van der Waals surface area contributed by atoms with E-state index in [2.05, 4.69) is 19.9 Å². The predicted octanol–water partition coefficient (Wildman–Crippen LogP) is 3.67. The van der Waals surface area contributed by atoms with Gasteiger partial charge in [0.25, 0.3) is 0 Å². The van der Waals surface area contributed by atoms with Crippen molar-refractivity contribution in [3.05, 3.63) is 33.9 Å². The van der Waals surface area contributed by atoms with Crippen molar-refractivity contribution in [3.8, 4) is 0 Å². The molecule has 1 aromatic carbocycles. The van der Waals surface area contributed by atoms with Crippen LogP contribution in [0.2, 0.25) is 0 Å². The molecule has 0 N–H and O–H groups in total. The van der Waals surface area contributed by atoms with E-state index >= 15 is 0 Å². The number of hydrogen-bond acceptors (Lipinski definition) is 0. The highest BCUT2D eigenvalue weighted by Crippen LogP contribution is 2.44. The lowest BCUT2D eigenvalue weighted by molar-refractivity contribution is 0.909. The monoisotopic (exact) mass is 186 g/mol. The molecule has 1 aromatic rings. The molecule has 0 spiro atoms. The molecule has 0 bridgehead atoms. The normalized spacial score (nSPS) is 19.9. The maximum Gasteiger partial charge on any atom is -0.0159 e. The minimum absolute atomic E-state index is 0.916. The minimum Gasteiger partial charge on any atom is -0.0550 e. The van der Waals surface area contributed by atoms with E-state index in [1.54, 1.807) is 27.8 Å². The highest BCUT2D eigenvalue weighted by molar-refractivity contribution is 5.49. The van der Waals surface area contributed by atoms with Gasteiger partial charge in [-0.3, -0.25) is 0 Å². The molecule has 2 aliphatic carbocycles. The Morgan fingerprint density at radius 2 is 1.86 bits per heavy atom. The second-order valence-electron chi connectivity index (χ2n) is 4.98. The Labute approximate surface area is 86.3 Å². The van der Waals surface area contributed by atoms with Crippen molar-refractivity contribution in [1.82, 2.24) is 0 Å². The first-order valence-electron chi connectivity index (χ1n) is 5.89. The fourth-order valence-electron chi connectivity index (χ4n) is 2.91. The fraction of sp³-hybridized carbons (Fsp3) is 0.571. The van der Waals surface area contributed by atoms with E-state index in [1.807, 2.05) is 0 Å². The molecule has 0 aliphatic heterocycles. The molecule has 2 aliphatic rings. The first-order chi connectivity index (χ1) is 6.77. The molecule has 0 saturated heterocycles. The molecule has 0 heterocycles. The number of fused-ring (bicyclic) bond motifs is 1. The van der Waals surface area contributed by atoms with Crippen LogP contribution >= 0.6 is 0 Å². The summed E-state index contributed by atoms with van der Waals surface area (Å²) in [5.41, 5.74) is 8.19. The minimum atomic E-state index is 0.916. The molecule has 1 saturated carbocycles. The molecule has 0 atom stereocenters. The van der Waals surface area contributed by atoms with E-state index in [0.717, 1.165) is 5.92 Å². The van der Waals surface area contributed by atoms with Crippen molar-refractivity contribution in [2.75, 3.05) is 0 Å². The molecule has 0 unspecified atom stereocenters. The number of benzene rings is 1. The van der Waals surface area contributed by atoms with Crippen molar-refractivity contribution >= 4 is 0 Å². The average molecular weight is 186 g/mol. The van der Waals surface area contributed by atoms with Crippen LogP contribution in [-0.4, -0.2) is 0 Å². The van der Waals surface area contributed by atoms with Crippen LogP contribution in [0.15, 0.2) is 6.07 Å².